The SMILES string of the molecule is NC(=O)c1ccc(Cl)cc1OCc1nc(-c2ccco2)no1. The monoisotopic (exact) mass is 319 g/mol. The highest BCUT2D eigenvalue weighted by Gasteiger charge is 2.14. The number of benzene rings is 1. The van der Waals surface area contributed by atoms with Crippen LogP contribution in [0.2, 0.25) is 5.02 Å². The molecule has 0 unspecified atom stereocenters. The molecule has 0 saturated heterocycles. The maximum Gasteiger partial charge on any atom is 0.264 e. The van der Waals surface area contributed by atoms with E-state index in [2.05, 4.69) is 10.1 Å². The molecule has 3 aromatic rings. The van der Waals surface area contributed by atoms with E-state index in [0.717, 1.165) is 0 Å². The lowest BCUT2D eigenvalue weighted by molar-refractivity contribution is 0.0995. The Morgan fingerprint density at radius 1 is 1.36 bits per heavy atom. The number of rotatable bonds is 5. The zero-order valence-corrected chi connectivity index (χ0v) is 11.9. The van der Waals surface area contributed by atoms with Crippen LogP contribution in [-0.4, -0.2) is 16.0 Å². The number of furan rings is 1. The van der Waals surface area contributed by atoms with Gasteiger partial charge in [-0.1, -0.05) is 16.8 Å². The average molecular weight is 320 g/mol. The molecule has 2 aromatic heterocycles. The van der Waals surface area contributed by atoms with E-state index in [-0.39, 0.29) is 23.8 Å². The predicted octanol–water partition coefficient (Wildman–Crippen LogP) is 2.66. The number of nitrogens with zero attached hydrogens (tertiary/aromatic N) is 2. The van der Waals surface area contributed by atoms with Crippen molar-refractivity contribution < 1.29 is 18.5 Å². The van der Waals surface area contributed by atoms with Crippen molar-refractivity contribution in [3.05, 3.63) is 53.1 Å². The number of nitrogens with two attached hydrogens (primary N) is 1. The Morgan fingerprint density at radius 2 is 2.23 bits per heavy atom. The highest BCUT2D eigenvalue weighted by molar-refractivity contribution is 6.30. The number of hydrogen-bond donors (Lipinski definition) is 1. The minimum Gasteiger partial charge on any atom is -0.483 e. The third-order valence-corrected chi connectivity index (χ3v) is 3.01. The molecule has 0 bridgehead atoms. The lowest BCUT2D eigenvalue weighted by Gasteiger charge is -2.07. The van der Waals surface area contributed by atoms with E-state index in [1.54, 1.807) is 18.2 Å². The van der Waals surface area contributed by atoms with Crippen molar-refractivity contribution in [3.63, 3.8) is 0 Å². The molecular weight excluding hydrogens is 310 g/mol. The van der Waals surface area contributed by atoms with Gasteiger partial charge in [-0.2, -0.15) is 4.98 Å². The summed E-state index contributed by atoms with van der Waals surface area (Å²) in [6.45, 7) is -0.0334. The number of ether oxygens (including phenoxy) is 1. The second-order valence-electron chi connectivity index (χ2n) is 4.28. The van der Waals surface area contributed by atoms with Gasteiger partial charge in [0.25, 0.3) is 11.8 Å². The van der Waals surface area contributed by atoms with Gasteiger partial charge in [0, 0.05) is 5.02 Å². The zero-order valence-electron chi connectivity index (χ0n) is 11.2. The third-order valence-electron chi connectivity index (χ3n) is 2.77. The highest BCUT2D eigenvalue weighted by Crippen LogP contribution is 2.24. The zero-order chi connectivity index (χ0) is 15.5. The molecule has 1 amide bonds. The summed E-state index contributed by atoms with van der Waals surface area (Å²) in [5, 5.41) is 4.19. The van der Waals surface area contributed by atoms with Crippen molar-refractivity contribution in [1.29, 1.82) is 0 Å². The number of amides is 1. The molecule has 0 spiro atoms. The summed E-state index contributed by atoms with van der Waals surface area (Å²) in [6, 6.07) is 7.95. The molecule has 2 N–H and O–H groups in total. The van der Waals surface area contributed by atoms with E-state index < -0.39 is 5.91 Å². The fraction of sp³-hybridized carbons (Fsp3) is 0.0714. The Morgan fingerprint density at radius 3 is 2.95 bits per heavy atom. The number of hydrogen-bond acceptors (Lipinski definition) is 6. The Kier molecular flexibility index (Phi) is 3.80. The van der Waals surface area contributed by atoms with E-state index in [1.165, 1.54) is 18.4 Å². The van der Waals surface area contributed by atoms with Gasteiger partial charge in [-0.3, -0.25) is 4.79 Å². The molecule has 22 heavy (non-hydrogen) atoms. The molecule has 8 heteroatoms. The van der Waals surface area contributed by atoms with Crippen LogP contribution in [0, 0.1) is 0 Å². The minimum atomic E-state index is -0.617. The molecule has 0 atom stereocenters. The van der Waals surface area contributed by atoms with E-state index in [9.17, 15) is 4.79 Å². The van der Waals surface area contributed by atoms with Crippen LogP contribution in [-0.2, 0) is 6.61 Å². The van der Waals surface area contributed by atoms with Crippen molar-refractivity contribution >= 4 is 17.5 Å². The summed E-state index contributed by atoms with van der Waals surface area (Å²) in [7, 11) is 0. The molecule has 112 valence electrons. The highest BCUT2D eigenvalue weighted by atomic mass is 35.5. The van der Waals surface area contributed by atoms with Crippen LogP contribution < -0.4 is 10.5 Å². The first kappa shape index (κ1) is 14.2. The summed E-state index contributed by atoms with van der Waals surface area (Å²) >= 11 is 5.88. The maximum absolute atomic E-state index is 11.3. The lowest BCUT2D eigenvalue weighted by atomic mass is 10.2. The molecule has 2 heterocycles. The molecule has 1 aromatic carbocycles. The summed E-state index contributed by atoms with van der Waals surface area (Å²) < 4.78 is 15.7. The van der Waals surface area contributed by atoms with Gasteiger partial charge < -0.3 is 19.4 Å². The molecule has 0 saturated carbocycles. The van der Waals surface area contributed by atoms with Gasteiger partial charge >= 0.3 is 0 Å². The molecule has 7 nitrogen and oxygen atoms in total. The minimum absolute atomic E-state index is 0.0334. The summed E-state index contributed by atoms with van der Waals surface area (Å²) in [4.78, 5) is 15.5. The Bertz CT molecular complexity index is 798. The molecular formula is C14H10ClN3O4. The molecule has 0 aliphatic carbocycles. The van der Waals surface area contributed by atoms with Crippen LogP contribution in [0.25, 0.3) is 11.6 Å². The third kappa shape index (κ3) is 2.94. The first-order chi connectivity index (χ1) is 10.6. The van der Waals surface area contributed by atoms with E-state index in [0.29, 0.717) is 16.6 Å². The number of primary amides is 1. The predicted molar refractivity (Wildman–Crippen MR) is 76.3 cm³/mol. The molecule has 0 aliphatic rings. The van der Waals surface area contributed by atoms with Crippen LogP contribution in [0.3, 0.4) is 0 Å². The maximum atomic E-state index is 11.3. The van der Waals surface area contributed by atoms with Gasteiger partial charge in [-0.25, -0.2) is 0 Å². The lowest BCUT2D eigenvalue weighted by Crippen LogP contribution is -2.13. The quantitative estimate of drug-likeness (QED) is 0.775. The Balaban J connectivity index is 1.76. The van der Waals surface area contributed by atoms with E-state index in [4.69, 9.17) is 31.0 Å². The van der Waals surface area contributed by atoms with Gasteiger partial charge in [-0.05, 0) is 30.3 Å². The molecule has 0 aliphatic heterocycles. The largest absolute Gasteiger partial charge is 0.483 e. The van der Waals surface area contributed by atoms with Crippen LogP contribution >= 0.6 is 11.6 Å². The molecule has 3 rings (SSSR count). The van der Waals surface area contributed by atoms with Crippen LogP contribution in [0.1, 0.15) is 16.2 Å². The van der Waals surface area contributed by atoms with Crippen LogP contribution in [0.5, 0.6) is 5.75 Å². The topological polar surface area (TPSA) is 104 Å². The van der Waals surface area contributed by atoms with Crippen molar-refractivity contribution in [2.24, 2.45) is 5.73 Å². The second kappa shape index (κ2) is 5.90. The standard InChI is InChI=1S/C14H10ClN3O4/c15-8-3-4-9(13(16)19)11(6-8)21-7-12-17-14(18-22-12)10-2-1-5-20-10/h1-6H,7H2,(H2,16,19). The summed E-state index contributed by atoms with van der Waals surface area (Å²) in [6.07, 6.45) is 1.51. The summed E-state index contributed by atoms with van der Waals surface area (Å²) in [5.74, 6) is 0.647. The fourth-order valence-electron chi connectivity index (χ4n) is 1.78. The van der Waals surface area contributed by atoms with E-state index in [1.807, 2.05) is 0 Å². The van der Waals surface area contributed by atoms with Crippen LogP contribution in [0.15, 0.2) is 45.5 Å². The first-order valence-corrected chi connectivity index (χ1v) is 6.60. The summed E-state index contributed by atoms with van der Waals surface area (Å²) in [5.41, 5.74) is 5.49. The van der Waals surface area contributed by atoms with Gasteiger partial charge in [-0.15, -0.1) is 0 Å². The number of halogens is 1. The molecule has 0 radical (unpaired) electrons. The first-order valence-electron chi connectivity index (χ1n) is 6.22. The average Bonchev–Trinajstić information content (AvgIpc) is 3.16. The van der Waals surface area contributed by atoms with Crippen molar-refractivity contribution in [3.8, 4) is 17.3 Å². The van der Waals surface area contributed by atoms with Gasteiger partial charge in [0.05, 0.1) is 11.8 Å². The normalized spacial score (nSPS) is 10.6. The Labute approximate surface area is 129 Å². The van der Waals surface area contributed by atoms with Gasteiger partial charge in [0.1, 0.15) is 5.75 Å². The fourth-order valence-corrected chi connectivity index (χ4v) is 1.94. The smallest absolute Gasteiger partial charge is 0.264 e. The number of aromatic nitrogens is 2. The second-order valence-corrected chi connectivity index (χ2v) is 4.72. The van der Waals surface area contributed by atoms with Gasteiger partial charge in [0.15, 0.2) is 12.4 Å². The van der Waals surface area contributed by atoms with Gasteiger partial charge in [0.2, 0.25) is 5.82 Å². The number of carbonyl (C=O) groups excluding carboxylic acids is 1. The molecule has 0 fully saturated rings. The Hall–Kier alpha value is -2.80. The number of carbonyl (C=O) groups is 1. The van der Waals surface area contributed by atoms with Crippen molar-refractivity contribution in [1.82, 2.24) is 10.1 Å². The van der Waals surface area contributed by atoms with Crippen molar-refractivity contribution in [2.75, 3.05) is 0 Å². The van der Waals surface area contributed by atoms with Crippen LogP contribution in [0.4, 0.5) is 0 Å². The van der Waals surface area contributed by atoms with E-state index >= 15 is 0 Å². The van der Waals surface area contributed by atoms with Crippen molar-refractivity contribution in [2.45, 2.75) is 6.61 Å².